The first-order valence-electron chi connectivity index (χ1n) is 6.51. The number of amides is 1. The fourth-order valence-electron chi connectivity index (χ4n) is 2.33. The highest BCUT2D eigenvalue weighted by Crippen LogP contribution is 2.21. The standard InChI is InChI=1S/C14H18ClFN2O.ClH/c1-18(14(19)13-7-2-3-8-17-13)9-10-11(15)5-4-6-12(10)16;/h4-6,13,17H,2-3,7-9H2,1H3;1H/t13-;/m0./s1. The van der Waals surface area contributed by atoms with Crippen molar-refractivity contribution in [3.63, 3.8) is 0 Å². The highest BCUT2D eigenvalue weighted by Gasteiger charge is 2.24. The van der Waals surface area contributed by atoms with Crippen molar-refractivity contribution >= 4 is 29.9 Å². The predicted octanol–water partition coefficient (Wildman–Crippen LogP) is 3.00. The molecule has 0 radical (unpaired) electrons. The molecule has 1 aromatic carbocycles. The Morgan fingerprint density at radius 2 is 2.25 bits per heavy atom. The van der Waals surface area contributed by atoms with Crippen LogP contribution in [0.2, 0.25) is 5.02 Å². The zero-order chi connectivity index (χ0) is 13.8. The van der Waals surface area contributed by atoms with Crippen LogP contribution in [0, 0.1) is 5.82 Å². The van der Waals surface area contributed by atoms with Gasteiger partial charge in [0.15, 0.2) is 0 Å². The number of piperidine rings is 1. The van der Waals surface area contributed by atoms with Crippen molar-refractivity contribution < 1.29 is 9.18 Å². The minimum atomic E-state index is -0.372. The van der Waals surface area contributed by atoms with Gasteiger partial charge in [-0.2, -0.15) is 0 Å². The number of likely N-dealkylation sites (N-methyl/N-ethyl adjacent to an activating group) is 1. The fourth-order valence-corrected chi connectivity index (χ4v) is 2.55. The van der Waals surface area contributed by atoms with E-state index in [9.17, 15) is 9.18 Å². The number of nitrogens with zero attached hydrogens (tertiary/aromatic N) is 1. The lowest BCUT2D eigenvalue weighted by atomic mass is 10.0. The molecule has 112 valence electrons. The summed E-state index contributed by atoms with van der Waals surface area (Å²) in [6, 6.07) is 4.41. The Bertz CT molecular complexity index is 444. The first-order valence-corrected chi connectivity index (χ1v) is 6.88. The van der Waals surface area contributed by atoms with Gasteiger partial charge in [0, 0.05) is 24.2 Å². The molecule has 1 amide bonds. The molecule has 20 heavy (non-hydrogen) atoms. The molecule has 0 bridgehead atoms. The first kappa shape index (κ1) is 17.2. The molecule has 1 N–H and O–H groups in total. The number of halogens is 3. The number of hydrogen-bond acceptors (Lipinski definition) is 2. The van der Waals surface area contributed by atoms with Gasteiger partial charge in [0.2, 0.25) is 5.91 Å². The Morgan fingerprint density at radius 1 is 1.50 bits per heavy atom. The summed E-state index contributed by atoms with van der Waals surface area (Å²) in [5.74, 6) is -0.372. The van der Waals surface area contributed by atoms with Crippen molar-refractivity contribution in [2.75, 3.05) is 13.6 Å². The molecule has 1 saturated heterocycles. The summed E-state index contributed by atoms with van der Waals surface area (Å²) in [6.07, 6.45) is 3.00. The molecule has 1 aromatic rings. The maximum atomic E-state index is 13.7. The van der Waals surface area contributed by atoms with Crippen LogP contribution >= 0.6 is 24.0 Å². The zero-order valence-corrected chi connectivity index (χ0v) is 12.9. The van der Waals surface area contributed by atoms with Gasteiger partial charge in [-0.3, -0.25) is 4.79 Å². The van der Waals surface area contributed by atoms with Gasteiger partial charge in [-0.25, -0.2) is 4.39 Å². The lowest BCUT2D eigenvalue weighted by molar-refractivity contribution is -0.133. The highest BCUT2D eigenvalue weighted by atomic mass is 35.5. The van der Waals surface area contributed by atoms with Crippen LogP contribution in [-0.2, 0) is 11.3 Å². The van der Waals surface area contributed by atoms with Crippen LogP contribution in [0.4, 0.5) is 4.39 Å². The Labute approximate surface area is 129 Å². The molecular formula is C14H19Cl2FN2O. The molecular weight excluding hydrogens is 302 g/mol. The van der Waals surface area contributed by atoms with Gasteiger partial charge in [-0.1, -0.05) is 24.1 Å². The maximum Gasteiger partial charge on any atom is 0.239 e. The normalized spacial score (nSPS) is 18.2. The molecule has 1 fully saturated rings. The smallest absolute Gasteiger partial charge is 0.239 e. The van der Waals surface area contributed by atoms with Crippen molar-refractivity contribution in [2.45, 2.75) is 31.8 Å². The van der Waals surface area contributed by atoms with Gasteiger partial charge in [0.1, 0.15) is 5.82 Å². The van der Waals surface area contributed by atoms with Crippen LogP contribution in [0.25, 0.3) is 0 Å². The Hall–Kier alpha value is -0.840. The van der Waals surface area contributed by atoms with E-state index in [2.05, 4.69) is 5.32 Å². The quantitative estimate of drug-likeness (QED) is 0.928. The molecule has 3 nitrogen and oxygen atoms in total. The Balaban J connectivity index is 0.00000200. The summed E-state index contributed by atoms with van der Waals surface area (Å²) in [6.45, 7) is 1.06. The number of carbonyl (C=O) groups is 1. The van der Waals surface area contributed by atoms with E-state index >= 15 is 0 Å². The second-order valence-electron chi connectivity index (χ2n) is 4.90. The van der Waals surface area contributed by atoms with E-state index in [4.69, 9.17) is 11.6 Å². The van der Waals surface area contributed by atoms with Crippen molar-refractivity contribution in [1.29, 1.82) is 0 Å². The van der Waals surface area contributed by atoms with E-state index in [-0.39, 0.29) is 36.7 Å². The largest absolute Gasteiger partial charge is 0.340 e. The minimum absolute atomic E-state index is 0. The second kappa shape index (κ2) is 7.81. The number of hydrogen-bond donors (Lipinski definition) is 1. The Kier molecular flexibility index (Phi) is 6.72. The molecule has 0 unspecified atom stereocenters. The van der Waals surface area contributed by atoms with Gasteiger partial charge >= 0.3 is 0 Å². The van der Waals surface area contributed by atoms with Crippen LogP contribution in [0.1, 0.15) is 24.8 Å². The lowest BCUT2D eigenvalue weighted by Gasteiger charge is -2.27. The molecule has 1 atom stereocenters. The third-order valence-electron chi connectivity index (χ3n) is 3.44. The molecule has 6 heteroatoms. The topological polar surface area (TPSA) is 32.3 Å². The summed E-state index contributed by atoms with van der Waals surface area (Å²) in [4.78, 5) is 13.8. The summed E-state index contributed by atoms with van der Waals surface area (Å²) in [5, 5.41) is 3.55. The molecule has 0 aliphatic carbocycles. The third-order valence-corrected chi connectivity index (χ3v) is 3.80. The number of rotatable bonds is 3. The summed E-state index contributed by atoms with van der Waals surface area (Å²) < 4.78 is 13.7. The van der Waals surface area contributed by atoms with E-state index < -0.39 is 0 Å². The number of benzene rings is 1. The highest BCUT2D eigenvalue weighted by molar-refractivity contribution is 6.31. The average molecular weight is 321 g/mol. The summed E-state index contributed by atoms with van der Waals surface area (Å²) in [5.41, 5.74) is 0.371. The van der Waals surface area contributed by atoms with Crippen molar-refractivity contribution in [2.24, 2.45) is 0 Å². The molecule has 2 rings (SSSR count). The van der Waals surface area contributed by atoms with Gasteiger partial charge in [-0.15, -0.1) is 12.4 Å². The van der Waals surface area contributed by atoms with Crippen LogP contribution in [0.3, 0.4) is 0 Å². The average Bonchev–Trinajstić information content (AvgIpc) is 2.43. The Morgan fingerprint density at radius 3 is 2.85 bits per heavy atom. The second-order valence-corrected chi connectivity index (χ2v) is 5.30. The SMILES string of the molecule is CN(Cc1c(F)cccc1Cl)C(=O)[C@@H]1CCCCN1.Cl. The molecule has 1 aliphatic heterocycles. The molecule has 1 aliphatic rings. The number of carbonyl (C=O) groups excluding carboxylic acids is 1. The van der Waals surface area contributed by atoms with Crippen LogP contribution in [0.5, 0.6) is 0 Å². The van der Waals surface area contributed by atoms with Crippen molar-refractivity contribution in [3.8, 4) is 0 Å². The van der Waals surface area contributed by atoms with E-state index in [1.165, 1.54) is 11.0 Å². The minimum Gasteiger partial charge on any atom is -0.340 e. The van der Waals surface area contributed by atoms with E-state index in [1.54, 1.807) is 19.2 Å². The van der Waals surface area contributed by atoms with Gasteiger partial charge in [0.25, 0.3) is 0 Å². The van der Waals surface area contributed by atoms with E-state index in [0.717, 1.165) is 25.8 Å². The zero-order valence-electron chi connectivity index (χ0n) is 11.4. The van der Waals surface area contributed by atoms with Gasteiger partial charge in [0.05, 0.1) is 6.04 Å². The number of nitrogens with one attached hydrogen (secondary N) is 1. The van der Waals surface area contributed by atoms with Crippen molar-refractivity contribution in [1.82, 2.24) is 10.2 Å². The molecule has 0 spiro atoms. The molecule has 1 heterocycles. The van der Waals surface area contributed by atoms with E-state index in [1.807, 2.05) is 0 Å². The third kappa shape index (κ3) is 4.08. The maximum absolute atomic E-state index is 13.7. The molecule has 0 aromatic heterocycles. The summed E-state index contributed by atoms with van der Waals surface area (Å²) >= 11 is 5.97. The van der Waals surface area contributed by atoms with E-state index in [0.29, 0.717) is 10.6 Å². The monoisotopic (exact) mass is 320 g/mol. The lowest BCUT2D eigenvalue weighted by Crippen LogP contribution is -2.47. The van der Waals surface area contributed by atoms with Crippen LogP contribution in [0.15, 0.2) is 18.2 Å². The van der Waals surface area contributed by atoms with Crippen molar-refractivity contribution in [3.05, 3.63) is 34.6 Å². The summed E-state index contributed by atoms with van der Waals surface area (Å²) in [7, 11) is 1.68. The predicted molar refractivity (Wildman–Crippen MR) is 80.8 cm³/mol. The fraction of sp³-hybridized carbons (Fsp3) is 0.500. The van der Waals surface area contributed by atoms with Gasteiger partial charge < -0.3 is 10.2 Å². The van der Waals surface area contributed by atoms with Crippen LogP contribution in [-0.4, -0.2) is 30.4 Å². The van der Waals surface area contributed by atoms with Gasteiger partial charge in [-0.05, 0) is 31.5 Å². The first-order chi connectivity index (χ1) is 9.09. The van der Waals surface area contributed by atoms with Crippen LogP contribution < -0.4 is 5.32 Å². The molecule has 0 saturated carbocycles.